The first-order valence-electron chi connectivity index (χ1n) is 8.43. The molecule has 0 spiro atoms. The standard InChI is InChI=1S/C20H21NO5/c1-12-4-5-15(10-13(12)2)20(23)26-14(3)19(22)21-16-6-7-17-18(11-16)25-9-8-24-17/h4-7,10-11,14H,8-9H2,1-3H3,(H,21,22)/t14-/m0/s1. The highest BCUT2D eigenvalue weighted by molar-refractivity contribution is 5.97. The van der Waals surface area contributed by atoms with Crippen molar-refractivity contribution in [3.05, 3.63) is 53.1 Å². The minimum absolute atomic E-state index is 0.418. The van der Waals surface area contributed by atoms with E-state index in [1.54, 1.807) is 30.3 Å². The second-order valence-corrected chi connectivity index (χ2v) is 6.19. The van der Waals surface area contributed by atoms with E-state index in [1.165, 1.54) is 6.92 Å². The van der Waals surface area contributed by atoms with Crippen molar-refractivity contribution < 1.29 is 23.8 Å². The van der Waals surface area contributed by atoms with Gasteiger partial charge in [-0.05, 0) is 56.2 Å². The van der Waals surface area contributed by atoms with E-state index in [9.17, 15) is 9.59 Å². The van der Waals surface area contributed by atoms with Crippen LogP contribution >= 0.6 is 0 Å². The normalized spacial score (nSPS) is 13.7. The first-order valence-corrected chi connectivity index (χ1v) is 8.43. The summed E-state index contributed by atoms with van der Waals surface area (Å²) in [5, 5.41) is 2.72. The molecule has 3 rings (SSSR count). The first kappa shape index (κ1) is 17.8. The molecular formula is C20H21NO5. The van der Waals surface area contributed by atoms with Gasteiger partial charge in [-0.2, -0.15) is 0 Å². The molecule has 1 heterocycles. The van der Waals surface area contributed by atoms with Gasteiger partial charge in [0.25, 0.3) is 5.91 Å². The van der Waals surface area contributed by atoms with Crippen LogP contribution in [-0.2, 0) is 9.53 Å². The lowest BCUT2D eigenvalue weighted by molar-refractivity contribution is -0.123. The van der Waals surface area contributed by atoms with E-state index >= 15 is 0 Å². The molecule has 2 aromatic carbocycles. The maximum Gasteiger partial charge on any atom is 0.338 e. The number of rotatable bonds is 4. The van der Waals surface area contributed by atoms with Gasteiger partial charge in [0.2, 0.25) is 0 Å². The van der Waals surface area contributed by atoms with Crippen molar-refractivity contribution in [2.24, 2.45) is 0 Å². The van der Waals surface area contributed by atoms with Crippen LogP contribution in [0.1, 0.15) is 28.4 Å². The van der Waals surface area contributed by atoms with Crippen molar-refractivity contribution in [1.82, 2.24) is 0 Å². The number of nitrogens with one attached hydrogen (secondary N) is 1. The summed E-state index contributed by atoms with van der Waals surface area (Å²) in [5.41, 5.74) is 3.05. The highest BCUT2D eigenvalue weighted by Gasteiger charge is 2.20. The Morgan fingerprint density at radius 2 is 1.73 bits per heavy atom. The van der Waals surface area contributed by atoms with Gasteiger partial charge in [-0.15, -0.1) is 0 Å². The Morgan fingerprint density at radius 3 is 2.46 bits per heavy atom. The Hall–Kier alpha value is -3.02. The van der Waals surface area contributed by atoms with E-state index in [0.29, 0.717) is 36.0 Å². The number of ether oxygens (including phenoxy) is 3. The number of benzene rings is 2. The van der Waals surface area contributed by atoms with Gasteiger partial charge in [0.05, 0.1) is 5.56 Å². The van der Waals surface area contributed by atoms with Crippen LogP contribution < -0.4 is 14.8 Å². The maximum atomic E-state index is 12.3. The number of carbonyl (C=O) groups excluding carboxylic acids is 2. The third kappa shape index (κ3) is 3.96. The van der Waals surface area contributed by atoms with Crippen molar-refractivity contribution in [3.63, 3.8) is 0 Å². The van der Waals surface area contributed by atoms with Crippen LogP contribution in [0.15, 0.2) is 36.4 Å². The zero-order chi connectivity index (χ0) is 18.7. The van der Waals surface area contributed by atoms with E-state index in [4.69, 9.17) is 14.2 Å². The number of carbonyl (C=O) groups is 2. The van der Waals surface area contributed by atoms with Crippen LogP contribution in [0.25, 0.3) is 0 Å². The van der Waals surface area contributed by atoms with E-state index in [1.807, 2.05) is 19.9 Å². The van der Waals surface area contributed by atoms with Crippen LogP contribution in [0.3, 0.4) is 0 Å². The summed E-state index contributed by atoms with van der Waals surface area (Å²) in [6.45, 7) is 6.39. The van der Waals surface area contributed by atoms with Gasteiger partial charge in [-0.1, -0.05) is 6.07 Å². The summed E-state index contributed by atoms with van der Waals surface area (Å²) in [4.78, 5) is 24.5. The van der Waals surface area contributed by atoms with Gasteiger partial charge in [0.15, 0.2) is 17.6 Å². The number of hydrogen-bond donors (Lipinski definition) is 1. The molecule has 2 aromatic rings. The van der Waals surface area contributed by atoms with Gasteiger partial charge in [0.1, 0.15) is 13.2 Å². The predicted octanol–water partition coefficient (Wildman–Crippen LogP) is 3.26. The topological polar surface area (TPSA) is 73.9 Å². The largest absolute Gasteiger partial charge is 0.486 e. The zero-order valence-corrected chi connectivity index (χ0v) is 15.0. The fraction of sp³-hybridized carbons (Fsp3) is 0.300. The number of esters is 1. The van der Waals surface area contributed by atoms with Crippen LogP contribution in [0.5, 0.6) is 11.5 Å². The van der Waals surface area contributed by atoms with Gasteiger partial charge in [-0.25, -0.2) is 4.79 Å². The molecule has 1 amide bonds. The monoisotopic (exact) mass is 355 g/mol. The molecule has 0 unspecified atom stereocenters. The van der Waals surface area contributed by atoms with Crippen molar-refractivity contribution in [1.29, 1.82) is 0 Å². The van der Waals surface area contributed by atoms with Crippen molar-refractivity contribution in [2.45, 2.75) is 26.9 Å². The maximum absolute atomic E-state index is 12.3. The molecule has 1 N–H and O–H groups in total. The zero-order valence-electron chi connectivity index (χ0n) is 15.0. The van der Waals surface area contributed by atoms with Crippen LogP contribution in [-0.4, -0.2) is 31.2 Å². The minimum Gasteiger partial charge on any atom is -0.486 e. The van der Waals surface area contributed by atoms with Crippen molar-refractivity contribution >= 4 is 17.6 Å². The van der Waals surface area contributed by atoms with E-state index in [0.717, 1.165) is 11.1 Å². The fourth-order valence-corrected chi connectivity index (χ4v) is 2.52. The fourth-order valence-electron chi connectivity index (χ4n) is 2.52. The van der Waals surface area contributed by atoms with Crippen LogP contribution in [0, 0.1) is 13.8 Å². The summed E-state index contributed by atoms with van der Waals surface area (Å²) in [6, 6.07) is 10.4. The average Bonchev–Trinajstić information content (AvgIpc) is 2.63. The van der Waals surface area contributed by atoms with Gasteiger partial charge < -0.3 is 19.5 Å². The second kappa shape index (κ2) is 7.47. The molecule has 0 fully saturated rings. The molecule has 1 aliphatic rings. The lowest BCUT2D eigenvalue weighted by Gasteiger charge is -2.19. The highest BCUT2D eigenvalue weighted by Crippen LogP contribution is 2.32. The summed E-state index contributed by atoms with van der Waals surface area (Å²) in [5.74, 6) is 0.272. The molecule has 0 saturated heterocycles. The number of anilines is 1. The molecule has 6 heteroatoms. The van der Waals surface area contributed by atoms with Crippen LogP contribution in [0.2, 0.25) is 0 Å². The molecule has 0 bridgehead atoms. The average molecular weight is 355 g/mol. The predicted molar refractivity (Wildman–Crippen MR) is 96.9 cm³/mol. The Bertz CT molecular complexity index is 846. The summed E-state index contributed by atoms with van der Waals surface area (Å²) in [7, 11) is 0. The molecule has 6 nitrogen and oxygen atoms in total. The second-order valence-electron chi connectivity index (χ2n) is 6.19. The summed E-state index contributed by atoms with van der Waals surface area (Å²) < 4.78 is 16.2. The first-order chi connectivity index (χ1) is 12.4. The van der Waals surface area contributed by atoms with E-state index in [2.05, 4.69) is 5.32 Å². The number of hydrogen-bond acceptors (Lipinski definition) is 5. The smallest absolute Gasteiger partial charge is 0.338 e. The molecular weight excluding hydrogens is 334 g/mol. The molecule has 0 aromatic heterocycles. The molecule has 0 aliphatic carbocycles. The van der Waals surface area contributed by atoms with Gasteiger partial charge in [-0.3, -0.25) is 4.79 Å². The molecule has 0 saturated carbocycles. The molecule has 1 atom stereocenters. The lowest BCUT2D eigenvalue weighted by atomic mass is 10.1. The molecule has 1 aliphatic heterocycles. The van der Waals surface area contributed by atoms with E-state index in [-0.39, 0.29) is 0 Å². The third-order valence-electron chi connectivity index (χ3n) is 4.21. The minimum atomic E-state index is -0.933. The van der Waals surface area contributed by atoms with Gasteiger partial charge in [0, 0.05) is 11.8 Å². The quantitative estimate of drug-likeness (QED) is 0.852. The molecule has 0 radical (unpaired) electrons. The van der Waals surface area contributed by atoms with Gasteiger partial charge >= 0.3 is 5.97 Å². The third-order valence-corrected chi connectivity index (χ3v) is 4.21. The van der Waals surface area contributed by atoms with Crippen molar-refractivity contribution in [2.75, 3.05) is 18.5 Å². The molecule has 26 heavy (non-hydrogen) atoms. The Balaban J connectivity index is 1.62. The SMILES string of the molecule is Cc1ccc(C(=O)O[C@@H](C)C(=O)Nc2ccc3c(c2)OCCO3)cc1C. The number of amides is 1. The number of fused-ring (bicyclic) bond motifs is 1. The number of aryl methyl sites for hydroxylation is 2. The Labute approximate surface area is 152 Å². The lowest BCUT2D eigenvalue weighted by Crippen LogP contribution is -2.30. The Morgan fingerprint density at radius 1 is 1.00 bits per heavy atom. The molecule has 136 valence electrons. The van der Waals surface area contributed by atoms with Crippen LogP contribution in [0.4, 0.5) is 5.69 Å². The Kier molecular flexibility index (Phi) is 5.11. The summed E-state index contributed by atoms with van der Waals surface area (Å²) >= 11 is 0. The summed E-state index contributed by atoms with van der Waals surface area (Å²) in [6.07, 6.45) is -0.933. The van der Waals surface area contributed by atoms with E-state index < -0.39 is 18.0 Å². The van der Waals surface area contributed by atoms with Crippen molar-refractivity contribution in [3.8, 4) is 11.5 Å². The highest BCUT2D eigenvalue weighted by atomic mass is 16.6.